The van der Waals surface area contributed by atoms with E-state index in [0.29, 0.717) is 23.1 Å². The van der Waals surface area contributed by atoms with Crippen LogP contribution in [0.25, 0.3) is 0 Å². The number of piperazine rings is 1. The van der Waals surface area contributed by atoms with E-state index in [0.717, 1.165) is 37.4 Å². The fourth-order valence-electron chi connectivity index (χ4n) is 3.26. The highest BCUT2D eigenvalue weighted by atomic mass is 35.5. The molecule has 1 saturated heterocycles. The number of anilines is 1. The molecule has 7 heteroatoms. The molecule has 1 amide bonds. The Labute approximate surface area is 169 Å². The number of amides is 1. The van der Waals surface area contributed by atoms with Crippen LogP contribution >= 0.6 is 23.2 Å². The Hall–Kier alpha value is -1.82. The lowest BCUT2D eigenvalue weighted by Crippen LogP contribution is -3.15. The molecule has 0 bridgehead atoms. The second kappa shape index (κ2) is 8.91. The summed E-state index contributed by atoms with van der Waals surface area (Å²) < 4.78 is 13.1. The van der Waals surface area contributed by atoms with Gasteiger partial charge in [-0.15, -0.1) is 0 Å². The fraction of sp³-hybridized carbons (Fsp3) is 0.350. The van der Waals surface area contributed by atoms with Crippen molar-refractivity contribution >= 4 is 34.8 Å². The Morgan fingerprint density at radius 2 is 1.78 bits per heavy atom. The summed E-state index contributed by atoms with van der Waals surface area (Å²) in [5, 5.41) is 1.01. The van der Waals surface area contributed by atoms with E-state index in [9.17, 15) is 9.18 Å². The maximum Gasteiger partial charge on any atom is 0.277 e. The minimum atomic E-state index is -0.224. The van der Waals surface area contributed by atoms with Crippen molar-refractivity contribution < 1.29 is 14.1 Å². The average Bonchev–Trinajstić information content (AvgIpc) is 2.66. The first kappa shape index (κ1) is 19.9. The minimum absolute atomic E-state index is 0.103. The summed E-state index contributed by atoms with van der Waals surface area (Å²) in [7, 11) is 1.80. The molecule has 144 valence electrons. The van der Waals surface area contributed by atoms with E-state index in [2.05, 4.69) is 4.90 Å². The summed E-state index contributed by atoms with van der Waals surface area (Å²) in [6.45, 7) is 4.43. The Kier molecular flexibility index (Phi) is 6.58. The van der Waals surface area contributed by atoms with Crippen molar-refractivity contribution in [1.82, 2.24) is 4.90 Å². The van der Waals surface area contributed by atoms with Gasteiger partial charge in [-0.25, -0.2) is 4.39 Å². The highest BCUT2D eigenvalue weighted by molar-refractivity contribution is 6.42. The zero-order valence-electron chi connectivity index (χ0n) is 15.2. The van der Waals surface area contributed by atoms with Crippen LogP contribution < -0.4 is 9.80 Å². The summed E-state index contributed by atoms with van der Waals surface area (Å²) >= 11 is 12.0. The predicted octanol–water partition coefficient (Wildman–Crippen LogP) is 2.50. The summed E-state index contributed by atoms with van der Waals surface area (Å²) in [4.78, 5) is 17.8. The first-order valence-electron chi connectivity index (χ1n) is 8.94. The molecule has 1 fully saturated rings. The van der Waals surface area contributed by atoms with E-state index >= 15 is 0 Å². The molecule has 2 aromatic carbocycles. The maximum atomic E-state index is 13.1. The van der Waals surface area contributed by atoms with Crippen LogP contribution in [0.5, 0.6) is 0 Å². The Bertz CT molecular complexity index is 792. The van der Waals surface area contributed by atoms with E-state index in [4.69, 9.17) is 23.2 Å². The second-order valence-corrected chi connectivity index (χ2v) is 7.70. The van der Waals surface area contributed by atoms with Crippen LogP contribution in [-0.2, 0) is 11.3 Å². The van der Waals surface area contributed by atoms with Crippen LogP contribution in [0.1, 0.15) is 5.56 Å². The molecule has 1 aliphatic rings. The number of hydrogen-bond donors (Lipinski definition) is 1. The number of rotatable bonds is 5. The van der Waals surface area contributed by atoms with E-state index in [1.807, 2.05) is 6.07 Å². The van der Waals surface area contributed by atoms with Crippen LogP contribution in [-0.4, -0.2) is 50.6 Å². The number of carbonyl (C=O) groups excluding carboxylic acids is 1. The van der Waals surface area contributed by atoms with Gasteiger partial charge in [0.25, 0.3) is 5.91 Å². The lowest BCUT2D eigenvalue weighted by molar-refractivity contribution is -0.892. The molecular weight excluding hydrogens is 388 g/mol. The van der Waals surface area contributed by atoms with Gasteiger partial charge in [-0.1, -0.05) is 29.3 Å². The van der Waals surface area contributed by atoms with Crippen molar-refractivity contribution in [3.05, 3.63) is 63.9 Å². The van der Waals surface area contributed by atoms with Crippen LogP contribution in [0.2, 0.25) is 10.0 Å². The number of carbonyl (C=O) groups is 1. The van der Waals surface area contributed by atoms with Gasteiger partial charge in [-0.2, -0.15) is 0 Å². The fourth-order valence-corrected chi connectivity index (χ4v) is 3.58. The molecule has 2 aromatic rings. The highest BCUT2D eigenvalue weighted by Gasteiger charge is 2.24. The predicted molar refractivity (Wildman–Crippen MR) is 107 cm³/mol. The molecule has 0 atom stereocenters. The molecule has 1 heterocycles. The second-order valence-electron chi connectivity index (χ2n) is 6.89. The lowest BCUT2D eigenvalue weighted by Gasteiger charge is -2.34. The van der Waals surface area contributed by atoms with Crippen LogP contribution in [0.4, 0.5) is 10.1 Å². The first-order valence-corrected chi connectivity index (χ1v) is 9.70. The van der Waals surface area contributed by atoms with Gasteiger partial charge in [-0.05, 0) is 42.0 Å². The summed E-state index contributed by atoms with van der Waals surface area (Å²) in [5.41, 5.74) is 1.98. The molecule has 0 saturated carbocycles. The van der Waals surface area contributed by atoms with Crippen molar-refractivity contribution in [2.45, 2.75) is 6.54 Å². The van der Waals surface area contributed by atoms with Gasteiger partial charge >= 0.3 is 0 Å². The van der Waals surface area contributed by atoms with E-state index in [1.165, 1.54) is 17.0 Å². The molecular formula is C20H23Cl2FN3O+. The molecule has 0 radical (unpaired) electrons. The quantitative estimate of drug-likeness (QED) is 0.819. The third-order valence-corrected chi connectivity index (χ3v) is 5.63. The number of hydrogen-bond acceptors (Lipinski definition) is 2. The molecule has 0 aromatic heterocycles. The standard InChI is InChI=1S/C20H22Cl2FN3O/c1-24(13-15-2-7-18(21)19(22)12-15)20(27)14-25-8-10-26(11-9-25)17-5-3-16(23)4-6-17/h2-7,12H,8-11,13-14H2,1H3/p+1. The van der Waals surface area contributed by atoms with E-state index < -0.39 is 0 Å². The van der Waals surface area contributed by atoms with Crippen LogP contribution in [0.15, 0.2) is 42.5 Å². The number of likely N-dealkylation sites (N-methyl/N-ethyl adjacent to an activating group) is 1. The molecule has 1 N–H and O–H groups in total. The average molecular weight is 411 g/mol. The van der Waals surface area contributed by atoms with Gasteiger partial charge in [0.2, 0.25) is 0 Å². The van der Waals surface area contributed by atoms with Gasteiger partial charge in [0.05, 0.1) is 36.2 Å². The van der Waals surface area contributed by atoms with Gasteiger partial charge < -0.3 is 14.7 Å². The number of nitrogens with zero attached hydrogens (tertiary/aromatic N) is 2. The van der Waals surface area contributed by atoms with E-state index in [1.54, 1.807) is 36.2 Å². The van der Waals surface area contributed by atoms with Crippen LogP contribution in [0.3, 0.4) is 0 Å². The molecule has 27 heavy (non-hydrogen) atoms. The summed E-state index contributed by atoms with van der Waals surface area (Å²) in [5.74, 6) is -0.120. The summed E-state index contributed by atoms with van der Waals surface area (Å²) in [6, 6.07) is 12.0. The Morgan fingerprint density at radius 1 is 1.11 bits per heavy atom. The van der Waals surface area contributed by atoms with Gasteiger partial charge in [0.1, 0.15) is 5.82 Å². The van der Waals surface area contributed by atoms with Crippen molar-refractivity contribution in [2.75, 3.05) is 44.7 Å². The minimum Gasteiger partial charge on any atom is -0.360 e. The van der Waals surface area contributed by atoms with Crippen molar-refractivity contribution in [3.8, 4) is 0 Å². The molecule has 0 aliphatic carbocycles. The Balaban J connectivity index is 1.48. The molecule has 1 aliphatic heterocycles. The monoisotopic (exact) mass is 410 g/mol. The highest BCUT2D eigenvalue weighted by Crippen LogP contribution is 2.23. The normalized spacial score (nSPS) is 15.0. The van der Waals surface area contributed by atoms with Gasteiger partial charge in [-0.3, -0.25) is 4.79 Å². The van der Waals surface area contributed by atoms with Crippen molar-refractivity contribution in [1.29, 1.82) is 0 Å². The molecule has 0 spiro atoms. The smallest absolute Gasteiger partial charge is 0.277 e. The number of quaternary nitrogens is 1. The molecule has 0 unspecified atom stereocenters. The molecule has 4 nitrogen and oxygen atoms in total. The van der Waals surface area contributed by atoms with Crippen LogP contribution in [0, 0.1) is 5.82 Å². The zero-order valence-corrected chi connectivity index (χ0v) is 16.7. The maximum absolute atomic E-state index is 13.1. The third kappa shape index (κ3) is 5.34. The number of halogens is 3. The van der Waals surface area contributed by atoms with E-state index in [-0.39, 0.29) is 11.7 Å². The Morgan fingerprint density at radius 3 is 2.41 bits per heavy atom. The third-order valence-electron chi connectivity index (χ3n) is 4.89. The number of nitrogens with one attached hydrogen (secondary N) is 1. The summed E-state index contributed by atoms with van der Waals surface area (Å²) in [6.07, 6.45) is 0. The SMILES string of the molecule is CN(Cc1ccc(Cl)c(Cl)c1)C(=O)C[NH+]1CCN(c2ccc(F)cc2)CC1. The lowest BCUT2D eigenvalue weighted by atomic mass is 10.2. The first-order chi connectivity index (χ1) is 12.9. The van der Waals surface area contributed by atoms with Crippen molar-refractivity contribution in [2.24, 2.45) is 0 Å². The topological polar surface area (TPSA) is 28.0 Å². The van der Waals surface area contributed by atoms with Gasteiger partial charge in [0.15, 0.2) is 6.54 Å². The molecule has 3 rings (SSSR count). The zero-order chi connectivity index (χ0) is 19.4. The largest absolute Gasteiger partial charge is 0.360 e. The number of benzene rings is 2. The van der Waals surface area contributed by atoms with Gasteiger partial charge in [0, 0.05) is 19.3 Å². The van der Waals surface area contributed by atoms with Crippen molar-refractivity contribution in [3.63, 3.8) is 0 Å².